The maximum absolute atomic E-state index is 11.3. The van der Waals surface area contributed by atoms with Crippen LogP contribution >= 0.6 is 0 Å². The maximum atomic E-state index is 11.3. The lowest BCUT2D eigenvalue weighted by atomic mass is 9.85. The zero-order valence-electron chi connectivity index (χ0n) is 11.9. The molecule has 1 heterocycles. The summed E-state index contributed by atoms with van der Waals surface area (Å²) in [5.74, 6) is -0.641. The molecule has 1 saturated heterocycles. The fourth-order valence-electron chi connectivity index (χ4n) is 3.66. The highest BCUT2D eigenvalue weighted by Gasteiger charge is 2.45. The van der Waals surface area contributed by atoms with Crippen LogP contribution in [-0.2, 0) is 4.79 Å². The van der Waals surface area contributed by atoms with Crippen molar-refractivity contribution in [2.75, 3.05) is 19.6 Å². The summed E-state index contributed by atoms with van der Waals surface area (Å²) >= 11 is 0. The first-order valence-corrected chi connectivity index (χ1v) is 7.87. The highest BCUT2D eigenvalue weighted by atomic mass is 16.4. The van der Waals surface area contributed by atoms with Crippen LogP contribution in [0.4, 0.5) is 0 Å². The molecular weight excluding hydrogens is 240 g/mol. The van der Waals surface area contributed by atoms with Crippen molar-refractivity contribution in [3.05, 3.63) is 0 Å². The van der Waals surface area contributed by atoms with Crippen molar-refractivity contribution in [3.63, 3.8) is 0 Å². The molecule has 2 atom stereocenters. The van der Waals surface area contributed by atoms with E-state index in [0.717, 1.165) is 25.8 Å². The molecule has 0 aromatic carbocycles. The van der Waals surface area contributed by atoms with Crippen LogP contribution in [0.5, 0.6) is 0 Å². The van der Waals surface area contributed by atoms with E-state index >= 15 is 0 Å². The van der Waals surface area contributed by atoms with Gasteiger partial charge in [0.1, 0.15) is 5.54 Å². The van der Waals surface area contributed by atoms with Crippen LogP contribution in [0.2, 0.25) is 0 Å². The molecule has 2 unspecified atom stereocenters. The Morgan fingerprint density at radius 3 is 2.42 bits per heavy atom. The smallest absolute Gasteiger partial charge is 0.323 e. The fourth-order valence-corrected chi connectivity index (χ4v) is 3.66. The molecule has 1 saturated carbocycles. The summed E-state index contributed by atoms with van der Waals surface area (Å²) in [6, 6.07) is 0. The molecule has 0 amide bonds. The number of nitrogens with zero attached hydrogens (tertiary/aromatic N) is 1. The van der Waals surface area contributed by atoms with Gasteiger partial charge in [-0.3, -0.25) is 4.79 Å². The summed E-state index contributed by atoms with van der Waals surface area (Å²) in [5, 5.41) is 9.32. The summed E-state index contributed by atoms with van der Waals surface area (Å²) in [4.78, 5) is 13.9. The van der Waals surface area contributed by atoms with E-state index in [2.05, 4.69) is 4.90 Å². The Morgan fingerprint density at radius 1 is 1.16 bits per heavy atom. The Labute approximate surface area is 116 Å². The Morgan fingerprint density at radius 2 is 1.79 bits per heavy atom. The van der Waals surface area contributed by atoms with Gasteiger partial charge in [-0.25, -0.2) is 0 Å². The van der Waals surface area contributed by atoms with E-state index in [4.69, 9.17) is 5.73 Å². The second kappa shape index (κ2) is 6.71. The van der Waals surface area contributed by atoms with Crippen molar-refractivity contribution in [2.45, 2.75) is 63.3 Å². The zero-order chi connectivity index (χ0) is 13.7. The molecule has 0 aromatic rings. The number of nitrogens with two attached hydrogens (primary N) is 1. The van der Waals surface area contributed by atoms with Crippen LogP contribution in [0.1, 0.15) is 57.8 Å². The molecule has 1 aliphatic heterocycles. The predicted octanol–water partition coefficient (Wildman–Crippen LogP) is 2.22. The van der Waals surface area contributed by atoms with Crippen LogP contribution in [-0.4, -0.2) is 41.1 Å². The third-order valence-electron chi connectivity index (χ3n) is 5.01. The monoisotopic (exact) mass is 268 g/mol. The fraction of sp³-hybridized carbons (Fsp3) is 0.933. The predicted molar refractivity (Wildman–Crippen MR) is 76.0 cm³/mol. The number of carboxylic acid groups (broad SMARTS) is 1. The Bertz CT molecular complexity index is 301. The molecule has 0 radical (unpaired) electrons. The summed E-state index contributed by atoms with van der Waals surface area (Å²) in [5.41, 5.74) is 5.14. The number of aliphatic carboxylic acids is 1. The third kappa shape index (κ3) is 3.69. The van der Waals surface area contributed by atoms with Gasteiger partial charge in [-0.1, -0.05) is 25.7 Å². The highest BCUT2D eigenvalue weighted by molar-refractivity contribution is 5.79. The summed E-state index contributed by atoms with van der Waals surface area (Å²) in [6.45, 7) is 3.38. The first-order valence-electron chi connectivity index (χ1n) is 7.87. The normalized spacial score (nSPS) is 33.8. The summed E-state index contributed by atoms with van der Waals surface area (Å²) < 4.78 is 0. The van der Waals surface area contributed by atoms with Gasteiger partial charge in [0.15, 0.2) is 0 Å². The van der Waals surface area contributed by atoms with Crippen molar-refractivity contribution in [1.29, 1.82) is 0 Å². The SMILES string of the molecule is NC1(C(=O)O)CCCC1CCN1CCCCCCC1. The standard InChI is InChI=1S/C15H28N2O2/c16-15(14(18)19)9-6-7-13(15)8-12-17-10-4-2-1-3-5-11-17/h13H,1-12,16H2,(H,18,19). The van der Waals surface area contributed by atoms with Gasteiger partial charge < -0.3 is 15.7 Å². The second-order valence-electron chi connectivity index (χ2n) is 6.33. The lowest BCUT2D eigenvalue weighted by Gasteiger charge is -2.30. The Kier molecular flexibility index (Phi) is 5.22. The topological polar surface area (TPSA) is 66.6 Å². The van der Waals surface area contributed by atoms with E-state index in [1.54, 1.807) is 0 Å². The number of likely N-dealkylation sites (tertiary alicyclic amines) is 1. The van der Waals surface area contributed by atoms with Crippen LogP contribution in [0.25, 0.3) is 0 Å². The minimum absolute atomic E-state index is 0.162. The van der Waals surface area contributed by atoms with E-state index in [1.165, 1.54) is 45.2 Å². The molecule has 110 valence electrons. The maximum Gasteiger partial charge on any atom is 0.323 e. The van der Waals surface area contributed by atoms with Gasteiger partial charge >= 0.3 is 5.97 Å². The Balaban J connectivity index is 1.82. The van der Waals surface area contributed by atoms with Gasteiger partial charge in [-0.2, -0.15) is 0 Å². The number of rotatable bonds is 4. The van der Waals surface area contributed by atoms with E-state index < -0.39 is 11.5 Å². The van der Waals surface area contributed by atoms with Gasteiger partial charge in [0.05, 0.1) is 0 Å². The first-order chi connectivity index (χ1) is 9.13. The molecule has 4 nitrogen and oxygen atoms in total. The minimum atomic E-state index is -0.956. The molecule has 19 heavy (non-hydrogen) atoms. The van der Waals surface area contributed by atoms with Gasteiger partial charge in [-0.05, 0) is 57.7 Å². The lowest BCUT2D eigenvalue weighted by Crippen LogP contribution is -2.51. The van der Waals surface area contributed by atoms with E-state index in [-0.39, 0.29) is 5.92 Å². The molecule has 2 rings (SSSR count). The van der Waals surface area contributed by atoms with Crippen LogP contribution in [0.15, 0.2) is 0 Å². The minimum Gasteiger partial charge on any atom is -0.480 e. The Hall–Kier alpha value is -0.610. The van der Waals surface area contributed by atoms with Crippen molar-refractivity contribution < 1.29 is 9.90 Å². The third-order valence-corrected chi connectivity index (χ3v) is 5.01. The summed E-state index contributed by atoms with van der Waals surface area (Å²) in [6.07, 6.45) is 10.2. The number of carbonyl (C=O) groups is 1. The molecular formula is C15H28N2O2. The van der Waals surface area contributed by atoms with Crippen molar-refractivity contribution in [3.8, 4) is 0 Å². The van der Waals surface area contributed by atoms with Crippen LogP contribution in [0, 0.1) is 5.92 Å². The molecule has 4 heteroatoms. The number of hydrogen-bond donors (Lipinski definition) is 2. The summed E-state index contributed by atoms with van der Waals surface area (Å²) in [7, 11) is 0. The zero-order valence-corrected chi connectivity index (χ0v) is 11.9. The number of hydrogen-bond acceptors (Lipinski definition) is 3. The average molecular weight is 268 g/mol. The van der Waals surface area contributed by atoms with Crippen LogP contribution < -0.4 is 5.73 Å². The largest absolute Gasteiger partial charge is 0.480 e. The van der Waals surface area contributed by atoms with Gasteiger partial charge in [0.25, 0.3) is 0 Å². The molecule has 1 aliphatic carbocycles. The quantitative estimate of drug-likeness (QED) is 0.820. The first kappa shape index (κ1) is 14.8. The molecule has 0 aromatic heterocycles. The van der Waals surface area contributed by atoms with Gasteiger partial charge in [0, 0.05) is 0 Å². The second-order valence-corrected chi connectivity index (χ2v) is 6.33. The molecule has 0 spiro atoms. The van der Waals surface area contributed by atoms with E-state index in [9.17, 15) is 9.90 Å². The molecule has 0 bridgehead atoms. The van der Waals surface area contributed by atoms with Crippen LogP contribution in [0.3, 0.4) is 0 Å². The highest BCUT2D eigenvalue weighted by Crippen LogP contribution is 2.36. The molecule has 2 fully saturated rings. The van der Waals surface area contributed by atoms with Crippen molar-refractivity contribution >= 4 is 5.97 Å². The van der Waals surface area contributed by atoms with Crippen molar-refractivity contribution in [1.82, 2.24) is 4.90 Å². The average Bonchev–Trinajstić information content (AvgIpc) is 2.71. The van der Waals surface area contributed by atoms with E-state index in [1.807, 2.05) is 0 Å². The molecule has 2 aliphatic rings. The van der Waals surface area contributed by atoms with E-state index in [0.29, 0.717) is 6.42 Å². The molecule has 3 N–H and O–H groups in total. The van der Waals surface area contributed by atoms with Gasteiger partial charge in [-0.15, -0.1) is 0 Å². The lowest BCUT2D eigenvalue weighted by molar-refractivity contribution is -0.144. The number of carboxylic acids is 1. The van der Waals surface area contributed by atoms with Gasteiger partial charge in [0.2, 0.25) is 0 Å². The van der Waals surface area contributed by atoms with Crippen molar-refractivity contribution in [2.24, 2.45) is 11.7 Å².